The van der Waals surface area contributed by atoms with Gasteiger partial charge in [0.2, 0.25) is 0 Å². The molecule has 0 saturated heterocycles. The number of para-hydroxylation sites is 2. The van der Waals surface area contributed by atoms with Gasteiger partial charge in [-0.2, -0.15) is 0 Å². The van der Waals surface area contributed by atoms with E-state index in [1.807, 2.05) is 19.1 Å². The number of halogens is 1. The molecule has 0 saturated carbocycles. The van der Waals surface area contributed by atoms with Crippen molar-refractivity contribution < 1.29 is 13.9 Å². The molecule has 27 heavy (non-hydrogen) atoms. The summed E-state index contributed by atoms with van der Waals surface area (Å²) in [6.07, 6.45) is 0. The predicted octanol–water partition coefficient (Wildman–Crippen LogP) is 3.61. The Morgan fingerprint density at radius 1 is 1.26 bits per heavy atom. The Hall–Kier alpha value is -2.93. The highest BCUT2D eigenvalue weighted by Crippen LogP contribution is 2.32. The van der Waals surface area contributed by atoms with Crippen molar-refractivity contribution in [1.82, 2.24) is 10.2 Å². The molecule has 5 nitrogen and oxygen atoms in total. The monoisotopic (exact) mass is 385 g/mol. The Balaban J connectivity index is 2.02. The molecular formula is C20H20FN3O2S. The molecule has 0 fully saturated rings. The predicted molar refractivity (Wildman–Crippen MR) is 107 cm³/mol. The number of methoxy groups -OCH3 is 1. The lowest BCUT2D eigenvalue weighted by molar-refractivity contribution is -0.113. The highest BCUT2D eigenvalue weighted by molar-refractivity contribution is 7.80. The number of carbonyl (C=O) groups excluding carboxylic acids is 1. The first-order chi connectivity index (χ1) is 12.9. The van der Waals surface area contributed by atoms with Crippen LogP contribution in [-0.2, 0) is 4.79 Å². The lowest BCUT2D eigenvalue weighted by Gasteiger charge is -2.35. The van der Waals surface area contributed by atoms with Crippen LogP contribution in [0.25, 0.3) is 0 Å². The lowest BCUT2D eigenvalue weighted by Crippen LogP contribution is -2.46. The molecule has 2 N–H and O–H groups in total. The van der Waals surface area contributed by atoms with Gasteiger partial charge in [0.15, 0.2) is 5.11 Å². The van der Waals surface area contributed by atoms with E-state index in [2.05, 4.69) is 10.6 Å². The van der Waals surface area contributed by atoms with Crippen LogP contribution < -0.4 is 15.4 Å². The van der Waals surface area contributed by atoms with Crippen molar-refractivity contribution in [3.05, 3.63) is 71.2 Å². The van der Waals surface area contributed by atoms with Crippen LogP contribution in [0.4, 0.5) is 10.1 Å². The van der Waals surface area contributed by atoms with Crippen LogP contribution in [0.2, 0.25) is 0 Å². The van der Waals surface area contributed by atoms with Gasteiger partial charge in [-0.1, -0.05) is 24.3 Å². The van der Waals surface area contributed by atoms with Gasteiger partial charge >= 0.3 is 0 Å². The average Bonchev–Trinajstić information content (AvgIpc) is 2.66. The van der Waals surface area contributed by atoms with Crippen molar-refractivity contribution in [3.63, 3.8) is 0 Å². The summed E-state index contributed by atoms with van der Waals surface area (Å²) in [7, 11) is 3.32. The van der Waals surface area contributed by atoms with Crippen molar-refractivity contribution >= 4 is 28.9 Å². The van der Waals surface area contributed by atoms with Crippen LogP contribution in [0.3, 0.4) is 0 Å². The van der Waals surface area contributed by atoms with Crippen molar-refractivity contribution in [2.45, 2.75) is 13.0 Å². The van der Waals surface area contributed by atoms with Gasteiger partial charge in [-0.25, -0.2) is 4.39 Å². The molecule has 0 radical (unpaired) electrons. The first-order valence-electron chi connectivity index (χ1n) is 8.37. The van der Waals surface area contributed by atoms with Gasteiger partial charge in [-0.15, -0.1) is 0 Å². The molecule has 1 amide bonds. The fourth-order valence-electron chi connectivity index (χ4n) is 3.00. The summed E-state index contributed by atoms with van der Waals surface area (Å²) in [5.74, 6) is -0.131. The lowest BCUT2D eigenvalue weighted by atomic mass is 9.94. The van der Waals surface area contributed by atoms with Crippen LogP contribution >= 0.6 is 12.2 Å². The molecule has 1 aliphatic heterocycles. The highest BCUT2D eigenvalue weighted by atomic mass is 32.1. The fraction of sp³-hybridized carbons (Fsp3) is 0.200. The molecule has 0 spiro atoms. The minimum atomic E-state index is -0.556. The van der Waals surface area contributed by atoms with Crippen molar-refractivity contribution in [2.75, 3.05) is 19.5 Å². The Morgan fingerprint density at radius 2 is 2.00 bits per heavy atom. The van der Waals surface area contributed by atoms with E-state index in [1.54, 1.807) is 43.3 Å². The van der Waals surface area contributed by atoms with Crippen LogP contribution in [0.15, 0.2) is 59.8 Å². The molecule has 140 valence electrons. The van der Waals surface area contributed by atoms with E-state index in [9.17, 15) is 9.18 Å². The molecular weight excluding hydrogens is 365 g/mol. The number of thiocarbonyl (C=S) groups is 1. The number of hydrogen-bond acceptors (Lipinski definition) is 3. The van der Waals surface area contributed by atoms with E-state index in [1.165, 1.54) is 12.1 Å². The van der Waals surface area contributed by atoms with Gasteiger partial charge in [0, 0.05) is 12.7 Å². The molecule has 2 aromatic rings. The molecule has 7 heteroatoms. The average molecular weight is 385 g/mol. The molecule has 1 atom stereocenters. The normalized spacial score (nSPS) is 16.8. The van der Waals surface area contributed by atoms with E-state index >= 15 is 0 Å². The minimum absolute atomic E-state index is 0.312. The molecule has 1 heterocycles. The van der Waals surface area contributed by atoms with Crippen LogP contribution in [0, 0.1) is 5.82 Å². The van der Waals surface area contributed by atoms with Crippen molar-refractivity contribution in [3.8, 4) is 5.75 Å². The molecule has 1 aliphatic rings. The van der Waals surface area contributed by atoms with E-state index in [4.69, 9.17) is 17.0 Å². The molecule has 0 aromatic heterocycles. The number of carbonyl (C=O) groups is 1. The Bertz CT molecular complexity index is 929. The third kappa shape index (κ3) is 3.78. The third-order valence-corrected chi connectivity index (χ3v) is 4.93. The van der Waals surface area contributed by atoms with Crippen LogP contribution in [0.1, 0.15) is 18.5 Å². The second-order valence-electron chi connectivity index (χ2n) is 6.15. The molecule has 0 bridgehead atoms. The summed E-state index contributed by atoms with van der Waals surface area (Å²) in [5.41, 5.74) is 2.33. The van der Waals surface area contributed by atoms with Gasteiger partial charge in [0.1, 0.15) is 11.6 Å². The molecule has 3 rings (SSSR count). The number of allylic oxidation sites excluding steroid dienone is 1. The zero-order valence-electron chi connectivity index (χ0n) is 15.2. The number of rotatable bonds is 4. The van der Waals surface area contributed by atoms with Crippen LogP contribution in [-0.4, -0.2) is 30.1 Å². The van der Waals surface area contributed by atoms with E-state index < -0.39 is 6.04 Å². The first kappa shape index (κ1) is 18.8. The number of amides is 1. The van der Waals surface area contributed by atoms with Crippen LogP contribution in [0.5, 0.6) is 5.75 Å². The van der Waals surface area contributed by atoms with E-state index in [0.29, 0.717) is 33.4 Å². The number of benzene rings is 2. The first-order valence-corrected chi connectivity index (χ1v) is 8.78. The van der Waals surface area contributed by atoms with Gasteiger partial charge in [0.25, 0.3) is 5.91 Å². The number of anilines is 1. The summed E-state index contributed by atoms with van der Waals surface area (Å²) in [6, 6.07) is 12.7. The minimum Gasteiger partial charge on any atom is -0.495 e. The summed E-state index contributed by atoms with van der Waals surface area (Å²) in [5, 5.41) is 6.48. The largest absolute Gasteiger partial charge is 0.495 e. The standard InChI is InChI=1S/C20H20FN3O2S/c1-12-17(19(25)22-15-9-4-5-10-16(15)26-3)18(23-20(27)24(12)2)13-7-6-8-14(21)11-13/h4-11,18H,1-3H3,(H,22,25)(H,23,27). The Morgan fingerprint density at radius 3 is 2.70 bits per heavy atom. The Labute approximate surface area is 162 Å². The second kappa shape index (κ2) is 7.75. The smallest absolute Gasteiger partial charge is 0.255 e. The summed E-state index contributed by atoms with van der Waals surface area (Å²) in [4.78, 5) is 14.9. The number of hydrogen-bond donors (Lipinski definition) is 2. The maximum atomic E-state index is 13.8. The van der Waals surface area contributed by atoms with Gasteiger partial charge in [0.05, 0.1) is 24.4 Å². The van der Waals surface area contributed by atoms with Crippen molar-refractivity contribution in [1.29, 1.82) is 0 Å². The topological polar surface area (TPSA) is 53.6 Å². The van der Waals surface area contributed by atoms with Crippen molar-refractivity contribution in [2.24, 2.45) is 0 Å². The number of ether oxygens (including phenoxy) is 1. The van der Waals surface area contributed by atoms with E-state index in [0.717, 1.165) is 0 Å². The second-order valence-corrected chi connectivity index (χ2v) is 6.54. The molecule has 0 aliphatic carbocycles. The highest BCUT2D eigenvalue weighted by Gasteiger charge is 2.32. The molecule has 1 unspecified atom stereocenters. The summed E-state index contributed by atoms with van der Waals surface area (Å²) < 4.78 is 19.1. The van der Waals surface area contributed by atoms with Gasteiger partial charge in [-0.3, -0.25) is 4.79 Å². The summed E-state index contributed by atoms with van der Waals surface area (Å²) >= 11 is 5.36. The third-order valence-electron chi connectivity index (χ3n) is 4.54. The summed E-state index contributed by atoms with van der Waals surface area (Å²) in [6.45, 7) is 1.82. The maximum Gasteiger partial charge on any atom is 0.255 e. The van der Waals surface area contributed by atoms with Gasteiger partial charge < -0.3 is 20.3 Å². The van der Waals surface area contributed by atoms with E-state index in [-0.39, 0.29) is 11.7 Å². The number of nitrogens with one attached hydrogen (secondary N) is 2. The zero-order chi connectivity index (χ0) is 19.6. The molecule has 2 aromatic carbocycles. The van der Waals surface area contributed by atoms with Gasteiger partial charge in [-0.05, 0) is 49.0 Å². The quantitative estimate of drug-likeness (QED) is 0.788. The number of nitrogens with zero attached hydrogens (tertiary/aromatic N) is 1. The Kier molecular flexibility index (Phi) is 5.41. The maximum absolute atomic E-state index is 13.8. The zero-order valence-corrected chi connectivity index (χ0v) is 16.1. The fourth-order valence-corrected chi connectivity index (χ4v) is 3.26. The SMILES string of the molecule is COc1ccccc1NC(=O)C1=C(C)N(C)C(=S)NC1c1cccc(F)c1.